The number of hydrogen-bond donors (Lipinski definition) is 0. The van der Waals surface area contributed by atoms with Gasteiger partial charge in [0.25, 0.3) is 0 Å². The molecule has 2 rings (SSSR count). The van der Waals surface area contributed by atoms with E-state index in [0.717, 1.165) is 5.56 Å². The molecule has 2 aromatic carbocycles. The molecule has 0 aliphatic carbocycles. The van der Waals surface area contributed by atoms with Crippen LogP contribution in [-0.2, 0) is 0 Å². The largest absolute Gasteiger partial charge is 0.0984 e. The second kappa shape index (κ2) is 18.2. The van der Waals surface area contributed by atoms with E-state index in [1.54, 1.807) is 0 Å². The van der Waals surface area contributed by atoms with Gasteiger partial charge in [0.2, 0.25) is 0 Å². The molecule has 0 N–H and O–H groups in total. The Kier molecular flexibility index (Phi) is 17.9. The molecule has 146 valence electrons. The van der Waals surface area contributed by atoms with Gasteiger partial charge in [-0.15, -0.1) is 0 Å². The number of benzene rings is 2. The quantitative estimate of drug-likeness (QED) is 0.478. The minimum Gasteiger partial charge on any atom is -0.0984 e. The fourth-order valence-electron chi connectivity index (χ4n) is 2.05. The van der Waals surface area contributed by atoms with E-state index >= 15 is 0 Å². The van der Waals surface area contributed by atoms with E-state index in [9.17, 15) is 0 Å². The Morgan fingerprint density at radius 3 is 1.70 bits per heavy atom. The lowest BCUT2D eigenvalue weighted by Crippen LogP contribution is -1.83. The fourth-order valence-corrected chi connectivity index (χ4v) is 2.05. The Hall–Kier alpha value is -2.60. The molecule has 0 unspecified atom stereocenters. The van der Waals surface area contributed by atoms with E-state index in [2.05, 4.69) is 64.3 Å². The smallest absolute Gasteiger partial charge is 0.0161 e. The Morgan fingerprint density at radius 2 is 1.41 bits per heavy atom. The van der Waals surface area contributed by atoms with Gasteiger partial charge in [-0.25, -0.2) is 0 Å². The normalized spacial score (nSPS) is 9.67. The number of hydrogen-bond acceptors (Lipinski definition) is 0. The highest BCUT2D eigenvalue weighted by atomic mass is 14.0. The average molecular weight is 363 g/mol. The first-order valence-corrected chi connectivity index (χ1v) is 9.61. The van der Waals surface area contributed by atoms with Crippen molar-refractivity contribution in [3.63, 3.8) is 0 Å². The average Bonchev–Trinajstić information content (AvgIpc) is 2.71. The maximum atomic E-state index is 3.75. The predicted molar refractivity (Wildman–Crippen MR) is 128 cm³/mol. The van der Waals surface area contributed by atoms with Gasteiger partial charge in [0.1, 0.15) is 0 Å². The van der Waals surface area contributed by atoms with Crippen molar-refractivity contribution in [3.8, 4) is 0 Å². The molecule has 0 radical (unpaired) electrons. The lowest BCUT2D eigenvalue weighted by molar-refractivity contribution is 1.43. The van der Waals surface area contributed by atoms with Crippen molar-refractivity contribution >= 4 is 12.2 Å². The van der Waals surface area contributed by atoms with Gasteiger partial charge < -0.3 is 0 Å². The molecule has 0 heterocycles. The Morgan fingerprint density at radius 1 is 0.815 bits per heavy atom. The molecule has 0 amide bonds. The summed E-state index contributed by atoms with van der Waals surface area (Å²) < 4.78 is 0. The number of aryl methyl sites for hydroxylation is 2. The minimum atomic E-state index is 1.15. The van der Waals surface area contributed by atoms with Gasteiger partial charge in [-0.3, -0.25) is 0 Å². The van der Waals surface area contributed by atoms with Crippen LogP contribution in [0.15, 0.2) is 85.5 Å². The summed E-state index contributed by atoms with van der Waals surface area (Å²) in [4.78, 5) is 0. The lowest BCUT2D eigenvalue weighted by atomic mass is 10.0. The second-order valence-corrected chi connectivity index (χ2v) is 5.67. The second-order valence-electron chi connectivity index (χ2n) is 5.67. The summed E-state index contributed by atoms with van der Waals surface area (Å²) in [5, 5.41) is 0. The van der Waals surface area contributed by atoms with Gasteiger partial charge in [-0.05, 0) is 51.3 Å². The molecule has 2 aromatic rings. The van der Waals surface area contributed by atoms with Crippen LogP contribution in [0.4, 0.5) is 0 Å². The highest BCUT2D eigenvalue weighted by molar-refractivity contribution is 5.65. The van der Waals surface area contributed by atoms with Crippen molar-refractivity contribution in [2.75, 3.05) is 0 Å². The molecule has 0 spiro atoms. The Balaban J connectivity index is 0. The molecule has 0 aliphatic rings. The number of allylic oxidation sites excluding steroid dienone is 4. The third-order valence-corrected chi connectivity index (χ3v) is 3.61. The lowest BCUT2D eigenvalue weighted by Gasteiger charge is -2.03. The topological polar surface area (TPSA) is 0 Å². The van der Waals surface area contributed by atoms with Crippen molar-refractivity contribution in [2.24, 2.45) is 0 Å². The minimum absolute atomic E-state index is 1.15. The molecule has 0 nitrogen and oxygen atoms in total. The zero-order chi connectivity index (χ0) is 21.1. The molecule has 0 fully saturated rings. The van der Waals surface area contributed by atoms with Gasteiger partial charge >= 0.3 is 0 Å². The van der Waals surface area contributed by atoms with Crippen LogP contribution in [0.25, 0.3) is 12.2 Å². The third kappa shape index (κ3) is 13.3. The first-order chi connectivity index (χ1) is 13.0. The SMILES string of the molecule is C/C=C\C(C)=C/C.C=Cc1cccc(C)c1C=C.CC.Cc1ccccc1. The number of rotatable bonds is 3. The molecule has 0 saturated heterocycles. The van der Waals surface area contributed by atoms with Crippen molar-refractivity contribution < 1.29 is 0 Å². The van der Waals surface area contributed by atoms with Crippen LogP contribution in [0.1, 0.15) is 56.9 Å². The predicted octanol–water partition coefficient (Wildman–Crippen LogP) is 8.83. The van der Waals surface area contributed by atoms with Crippen LogP contribution in [-0.4, -0.2) is 0 Å². The summed E-state index contributed by atoms with van der Waals surface area (Å²) in [5.74, 6) is 0. The Labute approximate surface area is 168 Å². The fraction of sp³-hybridized carbons (Fsp3) is 0.259. The molecule has 0 aromatic heterocycles. The van der Waals surface area contributed by atoms with Gasteiger partial charge in [-0.1, -0.05) is 117 Å². The molecule has 0 bridgehead atoms. The van der Waals surface area contributed by atoms with Gasteiger partial charge in [0.05, 0.1) is 0 Å². The van der Waals surface area contributed by atoms with Crippen molar-refractivity contribution in [2.45, 2.75) is 48.5 Å². The van der Waals surface area contributed by atoms with Crippen LogP contribution < -0.4 is 0 Å². The van der Waals surface area contributed by atoms with Gasteiger partial charge in [0, 0.05) is 0 Å². The third-order valence-electron chi connectivity index (χ3n) is 3.61. The first-order valence-electron chi connectivity index (χ1n) is 9.61. The van der Waals surface area contributed by atoms with Crippen LogP contribution >= 0.6 is 0 Å². The molecular formula is C27H38. The molecule has 0 aliphatic heterocycles. The van der Waals surface area contributed by atoms with Gasteiger partial charge in [0.15, 0.2) is 0 Å². The monoisotopic (exact) mass is 362 g/mol. The van der Waals surface area contributed by atoms with E-state index in [1.165, 1.54) is 22.3 Å². The van der Waals surface area contributed by atoms with Gasteiger partial charge in [-0.2, -0.15) is 0 Å². The molecule has 0 heteroatoms. The maximum Gasteiger partial charge on any atom is -0.0161 e. The molecule has 27 heavy (non-hydrogen) atoms. The van der Waals surface area contributed by atoms with E-state index in [4.69, 9.17) is 0 Å². The highest BCUT2D eigenvalue weighted by Crippen LogP contribution is 2.15. The van der Waals surface area contributed by atoms with Crippen LogP contribution in [0, 0.1) is 13.8 Å². The van der Waals surface area contributed by atoms with Crippen LogP contribution in [0.5, 0.6) is 0 Å². The zero-order valence-corrected chi connectivity index (χ0v) is 18.4. The molecule has 0 atom stereocenters. The van der Waals surface area contributed by atoms with E-state index < -0.39 is 0 Å². The summed E-state index contributed by atoms with van der Waals surface area (Å²) in [5.41, 5.74) is 6.23. The van der Waals surface area contributed by atoms with E-state index in [-0.39, 0.29) is 0 Å². The highest BCUT2D eigenvalue weighted by Gasteiger charge is 1.96. The standard InChI is InChI=1S/C11H12.C7H8.C7H12.C2H6/c1-4-10-8-6-7-9(3)11(10)5-2;1-7-5-3-2-4-6-7;1-4-6-7(3)5-2;1-2/h4-8H,1-2H2,3H3;2-6H,1H3;4-6H,1-3H3;1-2H3/b;;6-4-,7-5-;. The van der Waals surface area contributed by atoms with Crippen LogP contribution in [0.2, 0.25) is 0 Å². The first kappa shape index (κ1) is 26.6. The summed E-state index contributed by atoms with van der Waals surface area (Å²) in [6.45, 7) is 21.8. The zero-order valence-electron chi connectivity index (χ0n) is 18.4. The Bertz CT molecular complexity index is 685. The van der Waals surface area contributed by atoms with Crippen molar-refractivity contribution in [1.29, 1.82) is 0 Å². The molecular weight excluding hydrogens is 324 g/mol. The van der Waals surface area contributed by atoms with E-state index in [0.29, 0.717) is 0 Å². The summed E-state index contributed by atoms with van der Waals surface area (Å²) in [6.07, 6.45) is 9.92. The summed E-state index contributed by atoms with van der Waals surface area (Å²) in [7, 11) is 0. The van der Waals surface area contributed by atoms with Crippen molar-refractivity contribution in [3.05, 3.63) is 108 Å². The molecule has 0 saturated carbocycles. The maximum absolute atomic E-state index is 3.75. The van der Waals surface area contributed by atoms with E-state index in [1.807, 2.05) is 76.3 Å². The van der Waals surface area contributed by atoms with Crippen molar-refractivity contribution in [1.82, 2.24) is 0 Å². The summed E-state index contributed by atoms with van der Waals surface area (Å²) >= 11 is 0. The summed E-state index contributed by atoms with van der Waals surface area (Å²) in [6, 6.07) is 16.4. The van der Waals surface area contributed by atoms with Crippen LogP contribution in [0.3, 0.4) is 0 Å².